The second kappa shape index (κ2) is 5.57. The van der Waals surface area contributed by atoms with Gasteiger partial charge in [0.05, 0.1) is 11.3 Å². The molecule has 0 radical (unpaired) electrons. The van der Waals surface area contributed by atoms with Crippen LogP contribution in [0.1, 0.15) is 11.1 Å². The number of nitrogens with zero attached hydrogens (tertiary/aromatic N) is 1. The van der Waals surface area contributed by atoms with Gasteiger partial charge in [-0.25, -0.2) is 4.79 Å². The zero-order valence-electron chi connectivity index (χ0n) is 12.3. The Balaban J connectivity index is 2.02. The van der Waals surface area contributed by atoms with Crippen LogP contribution in [0.4, 0.5) is 0 Å². The van der Waals surface area contributed by atoms with Crippen molar-refractivity contribution in [3.63, 3.8) is 0 Å². The molecule has 1 N–H and O–H groups in total. The lowest BCUT2D eigenvalue weighted by Gasteiger charge is -2.10. The average molecular weight is 302 g/mol. The number of aromatic amines is 1. The highest BCUT2D eigenvalue weighted by molar-refractivity contribution is 5.86. The molecular formula is C19H14N2O2. The monoisotopic (exact) mass is 302 g/mol. The summed E-state index contributed by atoms with van der Waals surface area (Å²) in [4.78, 5) is 12.5. The molecule has 0 fully saturated rings. The van der Waals surface area contributed by atoms with Gasteiger partial charge < -0.3 is 4.42 Å². The first-order valence-electron chi connectivity index (χ1n) is 7.41. The van der Waals surface area contributed by atoms with Gasteiger partial charge in [-0.2, -0.15) is 5.10 Å². The molecule has 2 heterocycles. The Kier molecular flexibility index (Phi) is 3.27. The van der Waals surface area contributed by atoms with Gasteiger partial charge in [0, 0.05) is 11.6 Å². The van der Waals surface area contributed by atoms with Crippen molar-refractivity contribution in [2.45, 2.75) is 6.42 Å². The van der Waals surface area contributed by atoms with E-state index < -0.39 is 0 Å². The zero-order chi connectivity index (χ0) is 15.6. The minimum absolute atomic E-state index is 0.348. The summed E-state index contributed by atoms with van der Waals surface area (Å²) in [6.07, 6.45) is 2.29. The van der Waals surface area contributed by atoms with Gasteiger partial charge in [-0.3, -0.25) is 5.10 Å². The number of H-pyrrole nitrogens is 1. The number of rotatable bonds is 3. The molecule has 2 aromatic heterocycles. The summed E-state index contributed by atoms with van der Waals surface area (Å²) in [5.41, 5.74) is 3.57. The van der Waals surface area contributed by atoms with E-state index in [4.69, 9.17) is 4.42 Å². The van der Waals surface area contributed by atoms with Crippen molar-refractivity contribution in [2.75, 3.05) is 0 Å². The second-order valence-corrected chi connectivity index (χ2v) is 5.37. The first-order chi connectivity index (χ1) is 11.3. The normalized spacial score (nSPS) is 11.0. The molecule has 0 aliphatic carbocycles. The molecule has 0 aliphatic heterocycles. The molecule has 0 aliphatic rings. The predicted molar refractivity (Wildman–Crippen MR) is 89.3 cm³/mol. The third-order valence-electron chi connectivity index (χ3n) is 3.91. The van der Waals surface area contributed by atoms with E-state index in [0.29, 0.717) is 23.3 Å². The highest BCUT2D eigenvalue weighted by Gasteiger charge is 2.17. The molecule has 4 heteroatoms. The Hall–Kier alpha value is -3.14. The van der Waals surface area contributed by atoms with Gasteiger partial charge in [-0.15, -0.1) is 0 Å². The summed E-state index contributed by atoms with van der Waals surface area (Å²) in [7, 11) is 0. The zero-order valence-corrected chi connectivity index (χ0v) is 12.3. The fraction of sp³-hybridized carbons (Fsp3) is 0.0526. The minimum atomic E-state index is -0.348. The molecular weight excluding hydrogens is 288 g/mol. The van der Waals surface area contributed by atoms with E-state index in [-0.39, 0.29) is 5.63 Å². The molecule has 4 aromatic rings. The van der Waals surface area contributed by atoms with Crippen LogP contribution in [-0.2, 0) is 6.42 Å². The maximum atomic E-state index is 12.5. The summed E-state index contributed by atoms with van der Waals surface area (Å²) in [6, 6.07) is 19.5. The van der Waals surface area contributed by atoms with E-state index in [9.17, 15) is 4.79 Å². The topological polar surface area (TPSA) is 58.9 Å². The summed E-state index contributed by atoms with van der Waals surface area (Å²) < 4.78 is 5.49. The maximum Gasteiger partial charge on any atom is 0.346 e. The molecule has 0 saturated heterocycles. The van der Waals surface area contributed by atoms with E-state index in [1.165, 1.54) is 0 Å². The Morgan fingerprint density at radius 3 is 2.52 bits per heavy atom. The van der Waals surface area contributed by atoms with Crippen molar-refractivity contribution in [1.29, 1.82) is 0 Å². The molecule has 4 nitrogen and oxygen atoms in total. The number of aromatic nitrogens is 2. The summed E-state index contributed by atoms with van der Waals surface area (Å²) >= 11 is 0. The minimum Gasteiger partial charge on any atom is -0.422 e. The molecule has 2 aromatic carbocycles. The van der Waals surface area contributed by atoms with Crippen LogP contribution in [0.3, 0.4) is 0 Å². The molecule has 0 bridgehead atoms. The van der Waals surface area contributed by atoms with Crippen LogP contribution in [0, 0.1) is 0 Å². The maximum absolute atomic E-state index is 12.5. The molecule has 0 spiro atoms. The van der Waals surface area contributed by atoms with E-state index in [2.05, 4.69) is 22.3 Å². The molecule has 0 saturated carbocycles. The van der Waals surface area contributed by atoms with Crippen LogP contribution >= 0.6 is 0 Å². The second-order valence-electron chi connectivity index (χ2n) is 5.37. The standard InChI is InChI=1S/C19H14N2O2/c22-19-18(16-10-11-20-21-16)15(12-13-6-2-1-3-7-13)14-8-4-5-9-17(14)23-19/h1-11H,12H2,(H,20,21). The van der Waals surface area contributed by atoms with E-state index in [1.54, 1.807) is 12.3 Å². The van der Waals surface area contributed by atoms with Crippen LogP contribution in [-0.4, -0.2) is 10.2 Å². The van der Waals surface area contributed by atoms with Crippen molar-refractivity contribution < 1.29 is 4.42 Å². The predicted octanol–water partition coefficient (Wildman–Crippen LogP) is 3.77. The van der Waals surface area contributed by atoms with Crippen LogP contribution < -0.4 is 5.63 Å². The van der Waals surface area contributed by atoms with Gasteiger partial charge in [0.1, 0.15) is 5.58 Å². The summed E-state index contributed by atoms with van der Waals surface area (Å²) in [5, 5.41) is 7.78. The summed E-state index contributed by atoms with van der Waals surface area (Å²) in [6.45, 7) is 0. The van der Waals surface area contributed by atoms with Gasteiger partial charge >= 0.3 is 5.63 Å². The third kappa shape index (κ3) is 2.44. The van der Waals surface area contributed by atoms with Gasteiger partial charge in [-0.05, 0) is 29.7 Å². The van der Waals surface area contributed by atoms with E-state index in [1.807, 2.05) is 42.5 Å². The number of benzene rings is 2. The van der Waals surface area contributed by atoms with Gasteiger partial charge in [-0.1, -0.05) is 48.5 Å². The lowest BCUT2D eigenvalue weighted by atomic mass is 9.96. The van der Waals surface area contributed by atoms with Crippen molar-refractivity contribution in [3.8, 4) is 11.3 Å². The quantitative estimate of drug-likeness (QED) is 0.586. The highest BCUT2D eigenvalue weighted by atomic mass is 16.4. The van der Waals surface area contributed by atoms with Gasteiger partial charge in [0.25, 0.3) is 0 Å². The van der Waals surface area contributed by atoms with Crippen LogP contribution in [0.2, 0.25) is 0 Å². The van der Waals surface area contributed by atoms with Gasteiger partial charge in [0.2, 0.25) is 0 Å². The number of hydrogen-bond donors (Lipinski definition) is 1. The van der Waals surface area contributed by atoms with Gasteiger partial charge in [0.15, 0.2) is 0 Å². The lowest BCUT2D eigenvalue weighted by Crippen LogP contribution is -2.09. The summed E-state index contributed by atoms with van der Waals surface area (Å²) in [5.74, 6) is 0. The Bertz CT molecular complexity index is 1000. The van der Waals surface area contributed by atoms with Crippen molar-refractivity contribution >= 4 is 11.0 Å². The molecule has 0 amide bonds. The lowest BCUT2D eigenvalue weighted by molar-refractivity contribution is 0.561. The van der Waals surface area contributed by atoms with Crippen LogP contribution in [0.5, 0.6) is 0 Å². The van der Waals surface area contributed by atoms with Crippen LogP contribution in [0.25, 0.3) is 22.2 Å². The highest BCUT2D eigenvalue weighted by Crippen LogP contribution is 2.28. The smallest absolute Gasteiger partial charge is 0.346 e. The average Bonchev–Trinajstić information content (AvgIpc) is 3.10. The SMILES string of the molecule is O=c1oc2ccccc2c(Cc2ccccc2)c1-c1ccn[nH]1. The molecule has 0 atom stereocenters. The van der Waals surface area contributed by atoms with Crippen LogP contribution in [0.15, 0.2) is 76.1 Å². The number of para-hydroxylation sites is 1. The fourth-order valence-corrected chi connectivity index (χ4v) is 2.86. The largest absolute Gasteiger partial charge is 0.422 e. The molecule has 4 rings (SSSR count). The third-order valence-corrected chi connectivity index (χ3v) is 3.91. The molecule has 0 unspecified atom stereocenters. The van der Waals surface area contributed by atoms with E-state index in [0.717, 1.165) is 16.5 Å². The number of nitrogens with one attached hydrogen (secondary N) is 1. The Morgan fingerprint density at radius 2 is 1.74 bits per heavy atom. The van der Waals surface area contributed by atoms with E-state index >= 15 is 0 Å². The first-order valence-corrected chi connectivity index (χ1v) is 7.41. The fourth-order valence-electron chi connectivity index (χ4n) is 2.86. The Morgan fingerprint density at radius 1 is 0.957 bits per heavy atom. The number of hydrogen-bond acceptors (Lipinski definition) is 3. The molecule has 112 valence electrons. The number of fused-ring (bicyclic) bond motifs is 1. The van der Waals surface area contributed by atoms with Crippen molar-refractivity contribution in [3.05, 3.63) is 88.4 Å². The molecule has 23 heavy (non-hydrogen) atoms. The van der Waals surface area contributed by atoms with Crippen molar-refractivity contribution in [1.82, 2.24) is 10.2 Å². The first kappa shape index (κ1) is 13.5. The Labute approximate surface area is 132 Å². The van der Waals surface area contributed by atoms with Crippen molar-refractivity contribution in [2.24, 2.45) is 0 Å².